The summed E-state index contributed by atoms with van der Waals surface area (Å²) in [7, 11) is 0. The molecule has 0 spiro atoms. The molecule has 0 bridgehead atoms. The van der Waals surface area contributed by atoms with Crippen molar-refractivity contribution in [2.24, 2.45) is 10.8 Å². The van der Waals surface area contributed by atoms with Gasteiger partial charge in [0, 0.05) is 12.1 Å². The first-order valence-electron chi connectivity index (χ1n) is 6.21. The number of aromatic nitrogens is 1. The van der Waals surface area contributed by atoms with Gasteiger partial charge in [0.2, 0.25) is 0 Å². The van der Waals surface area contributed by atoms with E-state index >= 15 is 0 Å². The number of rotatable bonds is 2. The maximum atomic E-state index is 13.2. The summed E-state index contributed by atoms with van der Waals surface area (Å²) in [4.78, 5) is 15.2. The standard InChI is InChI=1S/C14H13FN4O/c1-8-12(14(16)20)6-18-19-7-10(3-13(8)19)9-2-11(15)5-17-4-9/h2-6,10H,7H2,1H3,(H2,16,20). The fraction of sp³-hybridized carbons (Fsp3) is 0.214. The van der Waals surface area contributed by atoms with Gasteiger partial charge in [-0.1, -0.05) is 0 Å². The molecule has 1 unspecified atom stereocenters. The molecule has 1 atom stereocenters. The van der Waals surface area contributed by atoms with Gasteiger partial charge in [-0.2, -0.15) is 5.10 Å². The van der Waals surface area contributed by atoms with Crippen LogP contribution in [0.15, 0.2) is 46.5 Å². The molecule has 3 heterocycles. The summed E-state index contributed by atoms with van der Waals surface area (Å²) in [5.74, 6) is -0.866. The van der Waals surface area contributed by atoms with Gasteiger partial charge in [-0.3, -0.25) is 14.8 Å². The van der Waals surface area contributed by atoms with Crippen LogP contribution in [0, 0.1) is 5.82 Å². The van der Waals surface area contributed by atoms with Crippen molar-refractivity contribution in [3.63, 3.8) is 0 Å². The monoisotopic (exact) mass is 272 g/mol. The Balaban J connectivity index is 1.97. The highest BCUT2D eigenvalue weighted by molar-refractivity contribution is 6.13. The number of fused-ring (bicyclic) bond motifs is 1. The molecule has 1 aromatic rings. The SMILES string of the molecule is CC1=C(C(N)=O)C=NN2CC(c3cncc(F)c3)C=C12. The van der Waals surface area contributed by atoms with Crippen molar-refractivity contribution in [1.82, 2.24) is 9.99 Å². The number of carbonyl (C=O) groups is 1. The third-order valence-electron chi connectivity index (χ3n) is 3.54. The van der Waals surface area contributed by atoms with E-state index in [-0.39, 0.29) is 11.7 Å². The summed E-state index contributed by atoms with van der Waals surface area (Å²) in [6.45, 7) is 2.43. The molecule has 102 valence electrons. The lowest BCUT2D eigenvalue weighted by atomic mass is 10.0. The van der Waals surface area contributed by atoms with Gasteiger partial charge in [-0.25, -0.2) is 4.39 Å². The molecule has 0 fully saturated rings. The van der Waals surface area contributed by atoms with Crippen LogP contribution in [0.25, 0.3) is 0 Å². The van der Waals surface area contributed by atoms with Gasteiger partial charge in [0.05, 0.1) is 30.2 Å². The van der Waals surface area contributed by atoms with Crippen LogP contribution in [0.5, 0.6) is 0 Å². The molecule has 0 aliphatic carbocycles. The Morgan fingerprint density at radius 3 is 3.00 bits per heavy atom. The Morgan fingerprint density at radius 2 is 2.30 bits per heavy atom. The first kappa shape index (κ1) is 12.5. The molecule has 1 aromatic heterocycles. The highest BCUT2D eigenvalue weighted by Crippen LogP contribution is 2.35. The van der Waals surface area contributed by atoms with Crippen molar-refractivity contribution in [2.45, 2.75) is 12.8 Å². The quantitative estimate of drug-likeness (QED) is 0.882. The van der Waals surface area contributed by atoms with E-state index in [0.717, 1.165) is 16.8 Å². The third kappa shape index (κ3) is 1.99. The largest absolute Gasteiger partial charge is 0.366 e. The molecular formula is C14H13FN4O. The highest BCUT2D eigenvalue weighted by Gasteiger charge is 2.29. The van der Waals surface area contributed by atoms with Crippen molar-refractivity contribution in [3.8, 4) is 0 Å². The van der Waals surface area contributed by atoms with Gasteiger partial charge in [-0.05, 0) is 30.2 Å². The topological polar surface area (TPSA) is 71.6 Å². The van der Waals surface area contributed by atoms with Crippen molar-refractivity contribution >= 4 is 12.1 Å². The number of nitrogens with zero attached hydrogens (tertiary/aromatic N) is 3. The predicted molar refractivity (Wildman–Crippen MR) is 72.1 cm³/mol. The Bertz CT molecular complexity index is 678. The summed E-state index contributed by atoms with van der Waals surface area (Å²) in [6, 6.07) is 1.46. The lowest BCUT2D eigenvalue weighted by Crippen LogP contribution is -2.25. The lowest BCUT2D eigenvalue weighted by Gasteiger charge is -2.22. The second-order valence-corrected chi connectivity index (χ2v) is 4.82. The van der Waals surface area contributed by atoms with E-state index in [4.69, 9.17) is 5.73 Å². The van der Waals surface area contributed by atoms with E-state index in [1.807, 2.05) is 13.0 Å². The third-order valence-corrected chi connectivity index (χ3v) is 3.54. The molecule has 20 heavy (non-hydrogen) atoms. The average Bonchev–Trinajstić information content (AvgIpc) is 2.83. The minimum Gasteiger partial charge on any atom is -0.366 e. The summed E-state index contributed by atoms with van der Waals surface area (Å²) < 4.78 is 13.2. The van der Waals surface area contributed by atoms with Crippen molar-refractivity contribution in [2.75, 3.05) is 6.54 Å². The number of amides is 1. The number of hydrogen-bond acceptors (Lipinski definition) is 4. The maximum absolute atomic E-state index is 13.2. The fourth-order valence-electron chi connectivity index (χ4n) is 2.49. The van der Waals surface area contributed by atoms with Crippen LogP contribution in [-0.4, -0.2) is 28.7 Å². The molecule has 2 aliphatic rings. The Morgan fingerprint density at radius 1 is 1.50 bits per heavy atom. The molecule has 3 rings (SSSR count). The number of pyridine rings is 1. The molecular weight excluding hydrogens is 259 g/mol. The van der Waals surface area contributed by atoms with E-state index < -0.39 is 5.91 Å². The molecule has 2 N–H and O–H groups in total. The van der Waals surface area contributed by atoms with Gasteiger partial charge in [0.15, 0.2) is 0 Å². The predicted octanol–water partition coefficient (Wildman–Crippen LogP) is 1.31. The fourth-order valence-corrected chi connectivity index (χ4v) is 2.49. The van der Waals surface area contributed by atoms with Crippen LogP contribution in [-0.2, 0) is 4.79 Å². The minimum atomic E-state index is -0.498. The summed E-state index contributed by atoms with van der Waals surface area (Å²) >= 11 is 0. The average molecular weight is 272 g/mol. The molecule has 0 aromatic carbocycles. The Labute approximate surface area is 115 Å². The van der Waals surface area contributed by atoms with E-state index in [0.29, 0.717) is 12.1 Å². The van der Waals surface area contributed by atoms with Crippen LogP contribution in [0.1, 0.15) is 18.4 Å². The van der Waals surface area contributed by atoms with Crippen molar-refractivity contribution in [3.05, 3.63) is 52.8 Å². The molecule has 0 saturated carbocycles. The number of primary amides is 1. The first-order chi connectivity index (χ1) is 9.56. The maximum Gasteiger partial charge on any atom is 0.250 e. The second kappa shape index (κ2) is 4.56. The van der Waals surface area contributed by atoms with Crippen LogP contribution in [0.2, 0.25) is 0 Å². The Hall–Kier alpha value is -2.50. The van der Waals surface area contributed by atoms with Crippen LogP contribution < -0.4 is 5.73 Å². The zero-order chi connectivity index (χ0) is 14.3. The van der Waals surface area contributed by atoms with Crippen LogP contribution in [0.4, 0.5) is 4.39 Å². The number of hydrazone groups is 1. The smallest absolute Gasteiger partial charge is 0.250 e. The normalized spacial score (nSPS) is 21.0. The molecule has 2 aliphatic heterocycles. The van der Waals surface area contributed by atoms with Gasteiger partial charge < -0.3 is 5.73 Å². The first-order valence-corrected chi connectivity index (χ1v) is 6.21. The zero-order valence-electron chi connectivity index (χ0n) is 10.9. The summed E-state index contributed by atoms with van der Waals surface area (Å²) in [5, 5.41) is 6.00. The second-order valence-electron chi connectivity index (χ2n) is 4.82. The summed E-state index contributed by atoms with van der Waals surface area (Å²) in [6.07, 6.45) is 6.25. The van der Waals surface area contributed by atoms with E-state index in [1.54, 1.807) is 11.2 Å². The molecule has 0 saturated heterocycles. The van der Waals surface area contributed by atoms with Crippen LogP contribution >= 0.6 is 0 Å². The van der Waals surface area contributed by atoms with Gasteiger partial charge in [0.25, 0.3) is 5.91 Å². The van der Waals surface area contributed by atoms with E-state index in [1.165, 1.54) is 18.5 Å². The molecule has 0 radical (unpaired) electrons. The van der Waals surface area contributed by atoms with Gasteiger partial charge >= 0.3 is 0 Å². The van der Waals surface area contributed by atoms with Crippen LogP contribution in [0.3, 0.4) is 0 Å². The van der Waals surface area contributed by atoms with Crippen molar-refractivity contribution in [1.29, 1.82) is 0 Å². The number of halogens is 1. The van der Waals surface area contributed by atoms with Gasteiger partial charge in [0.1, 0.15) is 5.82 Å². The number of hydrogen-bond donors (Lipinski definition) is 1. The number of nitrogens with two attached hydrogens (primary N) is 1. The van der Waals surface area contributed by atoms with E-state index in [9.17, 15) is 9.18 Å². The molecule has 5 nitrogen and oxygen atoms in total. The lowest BCUT2D eigenvalue weighted by molar-refractivity contribution is -0.114. The van der Waals surface area contributed by atoms with E-state index in [2.05, 4.69) is 10.1 Å². The van der Waals surface area contributed by atoms with Gasteiger partial charge in [-0.15, -0.1) is 0 Å². The molecule has 1 amide bonds. The Kier molecular flexibility index (Phi) is 2.85. The minimum absolute atomic E-state index is 0.00692. The zero-order valence-corrected chi connectivity index (χ0v) is 10.9. The summed E-state index contributed by atoms with van der Waals surface area (Å²) in [5.41, 5.74) is 8.14. The molecule has 6 heteroatoms. The van der Waals surface area contributed by atoms with Crippen molar-refractivity contribution < 1.29 is 9.18 Å². The number of carbonyl (C=O) groups excluding carboxylic acids is 1. The number of allylic oxidation sites excluding steroid dienone is 1. The highest BCUT2D eigenvalue weighted by atomic mass is 19.1.